The molecule has 3 saturated carbocycles. The van der Waals surface area contributed by atoms with Gasteiger partial charge in [-0.15, -0.1) is 0 Å². The van der Waals surface area contributed by atoms with E-state index in [1.54, 1.807) is 0 Å². The molecule has 0 amide bonds. The van der Waals surface area contributed by atoms with Crippen molar-refractivity contribution in [3.63, 3.8) is 0 Å². The molecule has 0 saturated heterocycles. The first-order chi connectivity index (χ1) is 11.1. The van der Waals surface area contributed by atoms with Crippen molar-refractivity contribution < 1.29 is 15.0 Å². The number of carbonyl (C=O) groups is 1. The predicted octanol–water partition coefficient (Wildman–Crippen LogP) is 3.49. The van der Waals surface area contributed by atoms with Crippen LogP contribution in [0, 0.1) is 34.5 Å². The second kappa shape index (κ2) is 4.94. The van der Waals surface area contributed by atoms with Gasteiger partial charge in [0.1, 0.15) is 0 Å². The van der Waals surface area contributed by atoms with E-state index in [2.05, 4.69) is 20.8 Å². The summed E-state index contributed by atoms with van der Waals surface area (Å²) in [5.41, 5.74) is 0.368. The minimum atomic E-state index is -0.678. The minimum absolute atomic E-state index is 0.0414. The highest BCUT2D eigenvalue weighted by Crippen LogP contribution is 2.68. The molecule has 0 aliphatic heterocycles. The van der Waals surface area contributed by atoms with Crippen LogP contribution in [0.5, 0.6) is 0 Å². The lowest BCUT2D eigenvalue weighted by atomic mass is 9.43. The van der Waals surface area contributed by atoms with Crippen LogP contribution in [-0.2, 0) is 4.79 Å². The van der Waals surface area contributed by atoms with E-state index in [-0.39, 0.29) is 28.6 Å². The van der Waals surface area contributed by atoms with Gasteiger partial charge in [0.25, 0.3) is 0 Å². The molecule has 2 unspecified atom stereocenters. The molecule has 2 N–H and O–H groups in total. The Morgan fingerprint density at radius 3 is 2.62 bits per heavy atom. The molecule has 0 radical (unpaired) electrons. The summed E-state index contributed by atoms with van der Waals surface area (Å²) in [5, 5.41) is 22.2. The van der Waals surface area contributed by atoms with Crippen LogP contribution in [0.1, 0.15) is 66.2 Å². The molecule has 0 heterocycles. The van der Waals surface area contributed by atoms with Crippen molar-refractivity contribution in [1.82, 2.24) is 0 Å². The second-order valence-corrected chi connectivity index (χ2v) is 9.95. The smallest absolute Gasteiger partial charge is 0.155 e. The first-order valence-electron chi connectivity index (χ1n) is 9.74. The van der Waals surface area contributed by atoms with Crippen molar-refractivity contribution in [2.45, 2.75) is 77.9 Å². The maximum Gasteiger partial charge on any atom is 0.155 e. The van der Waals surface area contributed by atoms with Crippen molar-refractivity contribution in [2.75, 3.05) is 0 Å². The third-order valence-corrected chi connectivity index (χ3v) is 8.81. The maximum atomic E-state index is 12.0. The van der Waals surface area contributed by atoms with Gasteiger partial charge in [0, 0.05) is 11.8 Å². The molecule has 0 aromatic heterocycles. The third-order valence-electron chi connectivity index (χ3n) is 8.81. The molecule has 3 fully saturated rings. The van der Waals surface area contributed by atoms with Crippen LogP contribution in [-0.4, -0.2) is 27.7 Å². The van der Waals surface area contributed by atoms with Crippen molar-refractivity contribution >= 4 is 5.78 Å². The number of rotatable bonds is 0. The van der Waals surface area contributed by atoms with Crippen LogP contribution in [0.15, 0.2) is 11.6 Å². The average molecular weight is 332 g/mol. The maximum absolute atomic E-state index is 12.0. The lowest BCUT2D eigenvalue weighted by Gasteiger charge is -2.62. The Bertz CT molecular complexity index is 606. The SMILES string of the molecule is CC1CC2=CC(=O)CC[C@]2(C)[C@H]2C(O)C[C@@]3(C)[C@@H](CC[C@]3(C)O)[C@H]12. The second-order valence-electron chi connectivity index (χ2n) is 9.95. The molecule has 3 nitrogen and oxygen atoms in total. The standard InChI is InChI=1S/C21H32O3/c1-12-9-13-10-14(22)5-7-19(13,2)18-16(23)11-20(3)15(17(12)18)6-8-21(20,4)24/h10,12,15-18,23-24H,5-9,11H2,1-4H3/t12?,15-,16?,17-,18-,19-,20-,21-/m0/s1. The zero-order chi connectivity index (χ0) is 17.5. The summed E-state index contributed by atoms with van der Waals surface area (Å²) < 4.78 is 0. The minimum Gasteiger partial charge on any atom is -0.393 e. The van der Waals surface area contributed by atoms with Gasteiger partial charge in [-0.05, 0) is 74.2 Å². The van der Waals surface area contributed by atoms with E-state index in [0.717, 1.165) is 25.7 Å². The lowest BCUT2D eigenvalue weighted by Crippen LogP contribution is -2.61. The van der Waals surface area contributed by atoms with Crippen molar-refractivity contribution in [2.24, 2.45) is 34.5 Å². The Balaban J connectivity index is 1.80. The van der Waals surface area contributed by atoms with E-state index in [1.165, 1.54) is 5.57 Å². The van der Waals surface area contributed by atoms with Crippen LogP contribution in [0.2, 0.25) is 0 Å². The van der Waals surface area contributed by atoms with E-state index >= 15 is 0 Å². The normalized spacial score (nSPS) is 57.0. The summed E-state index contributed by atoms with van der Waals surface area (Å²) in [7, 11) is 0. The molecule has 4 aliphatic carbocycles. The fourth-order valence-electron chi connectivity index (χ4n) is 7.23. The summed E-state index contributed by atoms with van der Waals surface area (Å²) in [6.07, 6.45) is 6.57. The summed E-state index contributed by atoms with van der Waals surface area (Å²) in [6, 6.07) is 0. The molecule has 4 aliphatic rings. The summed E-state index contributed by atoms with van der Waals surface area (Å²) in [5.74, 6) is 1.88. The Morgan fingerprint density at radius 2 is 1.92 bits per heavy atom. The van der Waals surface area contributed by atoms with Crippen LogP contribution >= 0.6 is 0 Å². The summed E-state index contributed by atoms with van der Waals surface area (Å²) >= 11 is 0. The van der Waals surface area contributed by atoms with Gasteiger partial charge in [0.15, 0.2) is 5.78 Å². The molecule has 8 atom stereocenters. The Morgan fingerprint density at radius 1 is 1.21 bits per heavy atom. The summed E-state index contributed by atoms with van der Waals surface area (Å²) in [4.78, 5) is 12.0. The first-order valence-corrected chi connectivity index (χ1v) is 9.74. The molecule has 0 aromatic carbocycles. The topological polar surface area (TPSA) is 57.5 Å². The molecular weight excluding hydrogens is 300 g/mol. The average Bonchev–Trinajstić information content (AvgIpc) is 2.71. The molecule has 3 heteroatoms. The number of allylic oxidation sites excluding steroid dienone is 1. The highest BCUT2D eigenvalue weighted by molar-refractivity contribution is 5.91. The van der Waals surface area contributed by atoms with Gasteiger partial charge in [-0.1, -0.05) is 26.3 Å². The highest BCUT2D eigenvalue weighted by Gasteiger charge is 2.66. The predicted molar refractivity (Wildman–Crippen MR) is 93.3 cm³/mol. The number of hydrogen-bond acceptors (Lipinski definition) is 3. The van der Waals surface area contributed by atoms with Gasteiger partial charge in [-0.25, -0.2) is 0 Å². The number of fused-ring (bicyclic) bond motifs is 5. The monoisotopic (exact) mass is 332 g/mol. The Kier molecular flexibility index (Phi) is 3.46. The number of aliphatic hydroxyl groups excluding tert-OH is 1. The van der Waals surface area contributed by atoms with Gasteiger partial charge < -0.3 is 10.2 Å². The fraction of sp³-hybridized carbons (Fsp3) is 0.857. The molecule has 0 bridgehead atoms. The van der Waals surface area contributed by atoms with Gasteiger partial charge in [-0.3, -0.25) is 4.79 Å². The van der Waals surface area contributed by atoms with Crippen molar-refractivity contribution in [1.29, 1.82) is 0 Å². The van der Waals surface area contributed by atoms with Gasteiger partial charge >= 0.3 is 0 Å². The molecule has 0 aromatic rings. The van der Waals surface area contributed by atoms with Crippen LogP contribution in [0.3, 0.4) is 0 Å². The Labute approximate surface area is 145 Å². The highest BCUT2D eigenvalue weighted by atomic mass is 16.3. The van der Waals surface area contributed by atoms with E-state index < -0.39 is 5.60 Å². The van der Waals surface area contributed by atoms with Crippen LogP contribution < -0.4 is 0 Å². The largest absolute Gasteiger partial charge is 0.393 e. The van der Waals surface area contributed by atoms with E-state index in [4.69, 9.17) is 0 Å². The van der Waals surface area contributed by atoms with Gasteiger partial charge in [0.2, 0.25) is 0 Å². The van der Waals surface area contributed by atoms with E-state index in [0.29, 0.717) is 30.6 Å². The van der Waals surface area contributed by atoms with Crippen molar-refractivity contribution in [3.05, 3.63) is 11.6 Å². The van der Waals surface area contributed by atoms with Crippen LogP contribution in [0.25, 0.3) is 0 Å². The molecule has 4 rings (SSSR count). The van der Waals surface area contributed by atoms with Crippen LogP contribution in [0.4, 0.5) is 0 Å². The summed E-state index contributed by atoms with van der Waals surface area (Å²) in [6.45, 7) is 8.76. The van der Waals surface area contributed by atoms with E-state index in [1.807, 2.05) is 13.0 Å². The van der Waals surface area contributed by atoms with E-state index in [9.17, 15) is 15.0 Å². The van der Waals surface area contributed by atoms with Crippen molar-refractivity contribution in [3.8, 4) is 0 Å². The number of hydrogen-bond donors (Lipinski definition) is 2. The molecular formula is C21H32O3. The first kappa shape index (κ1) is 16.8. The Hall–Kier alpha value is -0.670. The fourth-order valence-corrected chi connectivity index (χ4v) is 7.23. The number of ketones is 1. The molecule has 134 valence electrons. The number of aliphatic hydroxyl groups is 2. The van der Waals surface area contributed by atoms with Gasteiger partial charge in [-0.2, -0.15) is 0 Å². The zero-order valence-electron chi connectivity index (χ0n) is 15.5. The lowest BCUT2D eigenvalue weighted by molar-refractivity contribution is -0.176. The third kappa shape index (κ3) is 1.94. The quantitative estimate of drug-likeness (QED) is 0.714. The number of carbonyl (C=O) groups excluding carboxylic acids is 1. The zero-order valence-corrected chi connectivity index (χ0v) is 15.5. The van der Waals surface area contributed by atoms with Gasteiger partial charge in [0.05, 0.1) is 11.7 Å². The molecule has 0 spiro atoms. The molecule has 24 heavy (non-hydrogen) atoms.